The minimum Gasteiger partial charge on any atom is -0.311 e. The van der Waals surface area contributed by atoms with Crippen molar-refractivity contribution in [1.82, 2.24) is 5.32 Å². The SMILES string of the molecule is CC(NC1CC2CCC1C2)C1(C)CC1. The van der Waals surface area contributed by atoms with Gasteiger partial charge in [-0.15, -0.1) is 0 Å². The van der Waals surface area contributed by atoms with E-state index in [1.54, 1.807) is 0 Å². The van der Waals surface area contributed by atoms with Crippen LogP contribution in [0, 0.1) is 17.3 Å². The highest BCUT2D eigenvalue weighted by molar-refractivity contribution is 5.01. The van der Waals surface area contributed by atoms with Crippen molar-refractivity contribution in [2.24, 2.45) is 17.3 Å². The van der Waals surface area contributed by atoms with Crippen molar-refractivity contribution in [1.29, 1.82) is 0 Å². The maximum Gasteiger partial charge on any atom is 0.0101 e. The molecule has 3 aliphatic carbocycles. The summed E-state index contributed by atoms with van der Waals surface area (Å²) in [5, 5.41) is 3.91. The molecule has 3 aliphatic rings. The first-order chi connectivity index (χ1) is 6.67. The summed E-state index contributed by atoms with van der Waals surface area (Å²) in [7, 11) is 0. The van der Waals surface area contributed by atoms with E-state index in [2.05, 4.69) is 19.2 Å². The fourth-order valence-electron chi connectivity index (χ4n) is 3.60. The second-order valence-electron chi connectivity index (χ2n) is 6.32. The van der Waals surface area contributed by atoms with Crippen LogP contribution < -0.4 is 5.32 Å². The zero-order valence-corrected chi connectivity index (χ0v) is 9.55. The Morgan fingerprint density at radius 1 is 1.21 bits per heavy atom. The molecule has 0 amide bonds. The van der Waals surface area contributed by atoms with Gasteiger partial charge in [0.1, 0.15) is 0 Å². The Bertz CT molecular complexity index is 231. The van der Waals surface area contributed by atoms with Crippen LogP contribution in [0.25, 0.3) is 0 Å². The van der Waals surface area contributed by atoms with Crippen molar-refractivity contribution in [2.45, 2.75) is 64.5 Å². The molecule has 3 fully saturated rings. The monoisotopic (exact) mass is 193 g/mol. The molecular weight excluding hydrogens is 170 g/mol. The molecule has 4 atom stereocenters. The van der Waals surface area contributed by atoms with Gasteiger partial charge >= 0.3 is 0 Å². The van der Waals surface area contributed by atoms with Crippen LogP contribution in [-0.4, -0.2) is 12.1 Å². The summed E-state index contributed by atoms with van der Waals surface area (Å²) in [5.41, 5.74) is 0.655. The molecular formula is C13H23N. The lowest BCUT2D eigenvalue weighted by atomic mass is 9.92. The van der Waals surface area contributed by atoms with Gasteiger partial charge in [-0.2, -0.15) is 0 Å². The van der Waals surface area contributed by atoms with Gasteiger partial charge in [-0.1, -0.05) is 13.3 Å². The third-order valence-corrected chi connectivity index (χ3v) is 5.29. The van der Waals surface area contributed by atoms with E-state index in [4.69, 9.17) is 0 Å². The van der Waals surface area contributed by atoms with Gasteiger partial charge in [0, 0.05) is 12.1 Å². The number of fused-ring (bicyclic) bond motifs is 2. The fourth-order valence-corrected chi connectivity index (χ4v) is 3.60. The molecule has 2 bridgehead atoms. The van der Waals surface area contributed by atoms with E-state index in [9.17, 15) is 0 Å². The number of nitrogens with one attached hydrogen (secondary N) is 1. The molecule has 0 saturated heterocycles. The van der Waals surface area contributed by atoms with Crippen LogP contribution in [0.3, 0.4) is 0 Å². The maximum absolute atomic E-state index is 3.91. The van der Waals surface area contributed by atoms with Crippen molar-refractivity contribution in [3.05, 3.63) is 0 Å². The molecule has 3 saturated carbocycles. The average molecular weight is 193 g/mol. The van der Waals surface area contributed by atoms with Gasteiger partial charge in [0.2, 0.25) is 0 Å². The molecule has 0 aromatic heterocycles. The predicted octanol–water partition coefficient (Wildman–Crippen LogP) is 2.95. The van der Waals surface area contributed by atoms with Gasteiger partial charge < -0.3 is 5.32 Å². The van der Waals surface area contributed by atoms with Gasteiger partial charge in [0.05, 0.1) is 0 Å². The normalized spacial score (nSPS) is 45.4. The third-order valence-electron chi connectivity index (χ3n) is 5.29. The zero-order chi connectivity index (χ0) is 9.76. The molecule has 80 valence electrons. The Morgan fingerprint density at radius 3 is 2.50 bits per heavy atom. The zero-order valence-electron chi connectivity index (χ0n) is 9.55. The van der Waals surface area contributed by atoms with Crippen molar-refractivity contribution in [2.75, 3.05) is 0 Å². The highest BCUT2D eigenvalue weighted by Crippen LogP contribution is 2.50. The first-order valence-electron chi connectivity index (χ1n) is 6.43. The molecule has 0 aromatic carbocycles. The number of rotatable bonds is 3. The van der Waals surface area contributed by atoms with E-state index in [1.165, 1.54) is 38.5 Å². The molecule has 1 heteroatoms. The summed E-state index contributed by atoms with van der Waals surface area (Å²) in [5.74, 6) is 2.11. The summed E-state index contributed by atoms with van der Waals surface area (Å²) in [4.78, 5) is 0. The smallest absolute Gasteiger partial charge is 0.0101 e. The maximum atomic E-state index is 3.91. The Balaban J connectivity index is 1.57. The molecule has 1 nitrogen and oxygen atoms in total. The minimum atomic E-state index is 0.655. The van der Waals surface area contributed by atoms with E-state index in [0.29, 0.717) is 5.41 Å². The lowest BCUT2D eigenvalue weighted by Crippen LogP contribution is -2.43. The Labute approximate surface area is 87.7 Å². The predicted molar refractivity (Wildman–Crippen MR) is 59.2 cm³/mol. The largest absolute Gasteiger partial charge is 0.311 e. The van der Waals surface area contributed by atoms with Crippen LogP contribution in [-0.2, 0) is 0 Å². The summed E-state index contributed by atoms with van der Waals surface area (Å²) in [6.45, 7) is 4.84. The van der Waals surface area contributed by atoms with Crippen LogP contribution in [0.4, 0.5) is 0 Å². The second-order valence-corrected chi connectivity index (χ2v) is 6.32. The molecule has 4 unspecified atom stereocenters. The number of hydrogen-bond donors (Lipinski definition) is 1. The highest BCUT2D eigenvalue weighted by Gasteiger charge is 2.46. The Hall–Kier alpha value is -0.0400. The number of hydrogen-bond acceptors (Lipinski definition) is 1. The van der Waals surface area contributed by atoms with Crippen LogP contribution in [0.2, 0.25) is 0 Å². The van der Waals surface area contributed by atoms with Crippen molar-refractivity contribution in [3.63, 3.8) is 0 Å². The highest BCUT2D eigenvalue weighted by atomic mass is 15.0. The van der Waals surface area contributed by atoms with Gasteiger partial charge in [0.25, 0.3) is 0 Å². The van der Waals surface area contributed by atoms with E-state index in [1.807, 2.05) is 0 Å². The molecule has 0 aliphatic heterocycles. The van der Waals surface area contributed by atoms with Gasteiger partial charge in [-0.3, -0.25) is 0 Å². The Kier molecular flexibility index (Phi) is 1.96. The van der Waals surface area contributed by atoms with Crippen LogP contribution >= 0.6 is 0 Å². The summed E-state index contributed by atoms with van der Waals surface area (Å²) < 4.78 is 0. The summed E-state index contributed by atoms with van der Waals surface area (Å²) in [6, 6.07) is 1.63. The molecule has 1 N–H and O–H groups in total. The van der Waals surface area contributed by atoms with E-state index in [0.717, 1.165) is 23.9 Å². The van der Waals surface area contributed by atoms with Crippen molar-refractivity contribution >= 4 is 0 Å². The molecule has 14 heavy (non-hydrogen) atoms. The summed E-state index contributed by atoms with van der Waals surface area (Å²) in [6.07, 6.45) is 8.93. The van der Waals surface area contributed by atoms with Crippen molar-refractivity contribution < 1.29 is 0 Å². The van der Waals surface area contributed by atoms with Crippen LogP contribution in [0.1, 0.15) is 52.4 Å². The summed E-state index contributed by atoms with van der Waals surface area (Å²) >= 11 is 0. The average Bonchev–Trinajstić information content (AvgIpc) is 2.63. The van der Waals surface area contributed by atoms with Gasteiger partial charge in [0.15, 0.2) is 0 Å². The van der Waals surface area contributed by atoms with Crippen LogP contribution in [0.5, 0.6) is 0 Å². The lowest BCUT2D eigenvalue weighted by Gasteiger charge is -2.30. The van der Waals surface area contributed by atoms with Crippen LogP contribution in [0.15, 0.2) is 0 Å². The minimum absolute atomic E-state index is 0.655. The van der Waals surface area contributed by atoms with Crippen molar-refractivity contribution in [3.8, 4) is 0 Å². The second kappa shape index (κ2) is 2.98. The Morgan fingerprint density at radius 2 is 2.00 bits per heavy atom. The first-order valence-corrected chi connectivity index (χ1v) is 6.43. The topological polar surface area (TPSA) is 12.0 Å². The van der Waals surface area contributed by atoms with Gasteiger partial charge in [-0.25, -0.2) is 0 Å². The van der Waals surface area contributed by atoms with E-state index < -0.39 is 0 Å². The molecule has 0 radical (unpaired) electrons. The molecule has 0 aromatic rings. The standard InChI is InChI=1S/C13H23N/c1-9(13(2)5-6-13)14-12-8-10-3-4-11(12)7-10/h9-12,14H,3-8H2,1-2H3. The van der Waals surface area contributed by atoms with E-state index >= 15 is 0 Å². The lowest BCUT2D eigenvalue weighted by molar-refractivity contribution is 0.276. The quantitative estimate of drug-likeness (QED) is 0.726. The van der Waals surface area contributed by atoms with E-state index in [-0.39, 0.29) is 0 Å². The molecule has 0 heterocycles. The third kappa shape index (κ3) is 1.41. The van der Waals surface area contributed by atoms with Gasteiger partial charge in [-0.05, 0) is 56.3 Å². The molecule has 0 spiro atoms. The fraction of sp³-hybridized carbons (Fsp3) is 1.00. The molecule has 3 rings (SSSR count). The first kappa shape index (κ1) is 9.21.